The second kappa shape index (κ2) is 12.2. The Morgan fingerprint density at radius 3 is 1.26 bits per heavy atom. The molecule has 0 unspecified atom stereocenters. The zero-order chi connectivity index (χ0) is 28.8. The molecule has 0 heterocycles. The van der Waals surface area contributed by atoms with Gasteiger partial charge in [0.15, 0.2) is 0 Å². The van der Waals surface area contributed by atoms with E-state index in [2.05, 4.69) is 140 Å². The van der Waals surface area contributed by atoms with Crippen molar-refractivity contribution in [3.8, 4) is 17.2 Å². The first-order chi connectivity index (χ1) is 20.6. The summed E-state index contributed by atoms with van der Waals surface area (Å²) in [7, 11) is 1.70. The van der Waals surface area contributed by atoms with Gasteiger partial charge in [0.05, 0.1) is 12.5 Å². The normalized spacial score (nSPS) is 11.2. The van der Waals surface area contributed by atoms with E-state index in [9.17, 15) is 0 Å². The van der Waals surface area contributed by atoms with Crippen molar-refractivity contribution in [1.82, 2.24) is 0 Å². The summed E-state index contributed by atoms with van der Waals surface area (Å²) in [5.41, 5.74) is 8.04. The molecule has 0 aliphatic heterocycles. The van der Waals surface area contributed by atoms with E-state index < -0.39 is 5.41 Å². The summed E-state index contributed by atoms with van der Waals surface area (Å²) in [5.74, 6) is 2.46. The predicted molar refractivity (Wildman–Crippen MR) is 172 cm³/mol. The quantitative estimate of drug-likeness (QED) is 0.168. The van der Waals surface area contributed by atoms with E-state index in [-0.39, 0.29) is 0 Å². The van der Waals surface area contributed by atoms with E-state index in [0.717, 1.165) is 29.2 Å². The smallest absolute Gasteiger partial charge is 0.127 e. The SMILES string of the molecule is COc1ccc(C(c2ccccc2)(c2ccccc2)c2ccc(Oc3ccc(Cc4ccc(C)cc4)cc3)cc2)cc1. The Bertz CT molecular complexity index is 1660. The van der Waals surface area contributed by atoms with E-state index in [0.29, 0.717) is 0 Å². The van der Waals surface area contributed by atoms with Crippen LogP contribution in [0.25, 0.3) is 0 Å². The number of methoxy groups -OCH3 is 1. The molecule has 0 saturated heterocycles. The third-order valence-corrected chi connectivity index (χ3v) is 7.91. The molecule has 2 nitrogen and oxygen atoms in total. The fraction of sp³-hybridized carbons (Fsp3) is 0.100. The van der Waals surface area contributed by atoms with Crippen LogP contribution in [0.15, 0.2) is 158 Å². The summed E-state index contributed by atoms with van der Waals surface area (Å²) in [6.45, 7) is 2.12. The number of hydrogen-bond donors (Lipinski definition) is 0. The zero-order valence-electron chi connectivity index (χ0n) is 24.0. The predicted octanol–water partition coefficient (Wildman–Crippen LogP) is 9.77. The van der Waals surface area contributed by atoms with Gasteiger partial charge in [0.2, 0.25) is 0 Å². The highest BCUT2D eigenvalue weighted by Crippen LogP contribution is 2.46. The van der Waals surface area contributed by atoms with Gasteiger partial charge in [-0.15, -0.1) is 0 Å². The van der Waals surface area contributed by atoms with Crippen LogP contribution in [0.1, 0.15) is 38.9 Å². The summed E-state index contributed by atoms with van der Waals surface area (Å²) in [5, 5.41) is 0. The minimum absolute atomic E-state index is 0.523. The van der Waals surface area contributed by atoms with E-state index in [1.54, 1.807) is 7.11 Å². The third kappa shape index (κ3) is 5.57. The number of hydrogen-bond acceptors (Lipinski definition) is 2. The Hall–Kier alpha value is -5.08. The zero-order valence-corrected chi connectivity index (χ0v) is 24.0. The molecular formula is C40H34O2. The van der Waals surface area contributed by atoms with E-state index >= 15 is 0 Å². The van der Waals surface area contributed by atoms with Crippen LogP contribution >= 0.6 is 0 Å². The lowest BCUT2D eigenvalue weighted by Crippen LogP contribution is -2.30. The van der Waals surface area contributed by atoms with Crippen LogP contribution in [0.3, 0.4) is 0 Å². The van der Waals surface area contributed by atoms with Crippen LogP contribution in [-0.2, 0) is 11.8 Å². The maximum atomic E-state index is 6.30. The molecule has 0 amide bonds. The lowest BCUT2D eigenvalue weighted by Gasteiger charge is -2.37. The molecule has 0 atom stereocenters. The first kappa shape index (κ1) is 27.1. The van der Waals surface area contributed by atoms with E-state index in [4.69, 9.17) is 9.47 Å². The molecule has 6 aromatic carbocycles. The minimum atomic E-state index is -0.523. The van der Waals surface area contributed by atoms with Gasteiger partial charge >= 0.3 is 0 Å². The van der Waals surface area contributed by atoms with Gasteiger partial charge in [-0.25, -0.2) is 0 Å². The molecule has 0 fully saturated rings. The van der Waals surface area contributed by atoms with Gasteiger partial charge in [-0.1, -0.05) is 127 Å². The van der Waals surface area contributed by atoms with Crippen molar-refractivity contribution in [2.45, 2.75) is 18.8 Å². The lowest BCUT2D eigenvalue weighted by molar-refractivity contribution is 0.414. The standard InChI is InChI=1S/C40H34O2/c1-30-13-15-31(16-14-30)29-32-17-23-38(24-18-32)42-39-27-21-36(22-28-39)40(33-9-5-3-6-10-33,34-11-7-4-8-12-34)35-19-25-37(41-2)26-20-35/h3-28H,29H2,1-2H3. The highest BCUT2D eigenvalue weighted by molar-refractivity contribution is 5.60. The number of rotatable bonds is 9. The Labute approximate surface area is 248 Å². The first-order valence-electron chi connectivity index (χ1n) is 14.3. The van der Waals surface area contributed by atoms with Crippen molar-refractivity contribution in [3.05, 3.63) is 197 Å². The fourth-order valence-corrected chi connectivity index (χ4v) is 5.74. The maximum Gasteiger partial charge on any atom is 0.127 e. The second-order valence-electron chi connectivity index (χ2n) is 10.6. The Morgan fingerprint density at radius 2 is 0.810 bits per heavy atom. The summed E-state index contributed by atoms with van der Waals surface area (Å²) in [6, 6.07) is 55.4. The van der Waals surface area contributed by atoms with Gasteiger partial charge in [-0.05, 0) is 83.1 Å². The summed E-state index contributed by atoms with van der Waals surface area (Å²) < 4.78 is 11.8. The van der Waals surface area contributed by atoms with Crippen LogP contribution in [0.2, 0.25) is 0 Å². The van der Waals surface area contributed by atoms with Gasteiger partial charge in [0, 0.05) is 0 Å². The Morgan fingerprint density at radius 1 is 0.429 bits per heavy atom. The molecule has 206 valence electrons. The molecule has 0 bridgehead atoms. The average molecular weight is 547 g/mol. The average Bonchev–Trinajstić information content (AvgIpc) is 3.05. The summed E-state index contributed by atoms with van der Waals surface area (Å²) in [6.07, 6.45) is 0.904. The largest absolute Gasteiger partial charge is 0.497 e. The summed E-state index contributed by atoms with van der Waals surface area (Å²) >= 11 is 0. The van der Waals surface area contributed by atoms with Crippen molar-refractivity contribution >= 4 is 0 Å². The monoisotopic (exact) mass is 546 g/mol. The van der Waals surface area contributed by atoms with Gasteiger partial charge < -0.3 is 9.47 Å². The van der Waals surface area contributed by atoms with Gasteiger partial charge in [0.25, 0.3) is 0 Å². The number of aryl methyl sites for hydroxylation is 1. The molecule has 0 aliphatic carbocycles. The van der Waals surface area contributed by atoms with E-state index in [1.165, 1.54) is 33.4 Å². The first-order valence-corrected chi connectivity index (χ1v) is 14.3. The van der Waals surface area contributed by atoms with Gasteiger partial charge in [0.1, 0.15) is 17.2 Å². The van der Waals surface area contributed by atoms with Crippen LogP contribution in [0.4, 0.5) is 0 Å². The highest BCUT2D eigenvalue weighted by atomic mass is 16.5. The van der Waals surface area contributed by atoms with Crippen molar-refractivity contribution in [2.75, 3.05) is 7.11 Å². The molecule has 6 aromatic rings. The maximum absolute atomic E-state index is 6.30. The molecule has 0 aromatic heterocycles. The molecule has 6 rings (SSSR count). The third-order valence-electron chi connectivity index (χ3n) is 7.91. The van der Waals surface area contributed by atoms with Crippen LogP contribution in [0, 0.1) is 6.92 Å². The van der Waals surface area contributed by atoms with Crippen molar-refractivity contribution in [2.24, 2.45) is 0 Å². The Balaban J connectivity index is 1.34. The Kier molecular flexibility index (Phi) is 7.87. The molecule has 0 radical (unpaired) electrons. The van der Waals surface area contributed by atoms with Crippen molar-refractivity contribution in [1.29, 1.82) is 0 Å². The van der Waals surface area contributed by atoms with Crippen LogP contribution in [-0.4, -0.2) is 7.11 Å². The molecule has 0 N–H and O–H groups in total. The van der Waals surface area contributed by atoms with Crippen LogP contribution < -0.4 is 9.47 Å². The molecule has 0 saturated carbocycles. The topological polar surface area (TPSA) is 18.5 Å². The minimum Gasteiger partial charge on any atom is -0.497 e. The summed E-state index contributed by atoms with van der Waals surface area (Å²) in [4.78, 5) is 0. The second-order valence-corrected chi connectivity index (χ2v) is 10.6. The molecule has 2 heteroatoms. The highest BCUT2D eigenvalue weighted by Gasteiger charge is 2.38. The number of benzene rings is 6. The van der Waals surface area contributed by atoms with Gasteiger partial charge in [-0.3, -0.25) is 0 Å². The molecule has 0 spiro atoms. The lowest BCUT2D eigenvalue weighted by atomic mass is 9.65. The van der Waals surface area contributed by atoms with Crippen molar-refractivity contribution in [3.63, 3.8) is 0 Å². The molecule has 42 heavy (non-hydrogen) atoms. The molecule has 0 aliphatic rings. The fourth-order valence-electron chi connectivity index (χ4n) is 5.74. The van der Waals surface area contributed by atoms with Crippen molar-refractivity contribution < 1.29 is 9.47 Å². The molecular weight excluding hydrogens is 512 g/mol. The van der Waals surface area contributed by atoms with Gasteiger partial charge in [-0.2, -0.15) is 0 Å². The van der Waals surface area contributed by atoms with Crippen LogP contribution in [0.5, 0.6) is 17.2 Å². The number of ether oxygens (including phenoxy) is 2. The van der Waals surface area contributed by atoms with E-state index in [1.807, 2.05) is 24.3 Å².